The van der Waals surface area contributed by atoms with Crippen LogP contribution in [0, 0.1) is 0 Å². The number of aliphatic imine (C=N–C) groups is 1. The third-order valence-corrected chi connectivity index (χ3v) is 6.18. The summed E-state index contributed by atoms with van der Waals surface area (Å²) in [7, 11) is 0. The second kappa shape index (κ2) is 9.98. The van der Waals surface area contributed by atoms with Crippen LogP contribution in [0.25, 0.3) is 0 Å². The summed E-state index contributed by atoms with van der Waals surface area (Å²) in [6.45, 7) is 7.00. The maximum Gasteiger partial charge on any atom is 0.191 e. The van der Waals surface area contributed by atoms with E-state index in [0.29, 0.717) is 0 Å². The fourth-order valence-electron chi connectivity index (χ4n) is 4.38. The first-order valence-electron chi connectivity index (χ1n) is 11.2. The molecule has 0 amide bonds. The van der Waals surface area contributed by atoms with Crippen molar-refractivity contribution in [3.8, 4) is 5.75 Å². The Morgan fingerprint density at radius 1 is 1.03 bits per heavy atom. The van der Waals surface area contributed by atoms with Crippen molar-refractivity contribution >= 4 is 5.96 Å². The maximum absolute atomic E-state index is 5.66. The Hall–Kier alpha value is -2.53. The number of nitrogens with one attached hydrogen (secondary N) is 2. The molecule has 0 unspecified atom stereocenters. The highest BCUT2D eigenvalue weighted by molar-refractivity contribution is 5.79. The van der Waals surface area contributed by atoms with Crippen LogP contribution in [0.3, 0.4) is 0 Å². The first kappa shape index (κ1) is 20.7. The molecule has 2 aromatic carbocycles. The van der Waals surface area contributed by atoms with Gasteiger partial charge in [-0.2, -0.15) is 0 Å². The van der Waals surface area contributed by atoms with Crippen LogP contribution in [0.5, 0.6) is 5.75 Å². The Bertz CT molecular complexity index is 845. The molecule has 0 aliphatic carbocycles. The summed E-state index contributed by atoms with van der Waals surface area (Å²) in [5.74, 6) is 1.94. The molecule has 30 heavy (non-hydrogen) atoms. The van der Waals surface area contributed by atoms with E-state index in [1.165, 1.54) is 16.7 Å². The monoisotopic (exact) mass is 407 g/mol. The van der Waals surface area contributed by atoms with Crippen LogP contribution in [-0.4, -0.2) is 45.4 Å². The van der Waals surface area contributed by atoms with Crippen molar-refractivity contribution in [2.24, 2.45) is 4.99 Å². The second-order valence-electron chi connectivity index (χ2n) is 8.17. The fourth-order valence-corrected chi connectivity index (χ4v) is 4.38. The van der Waals surface area contributed by atoms with Crippen LogP contribution in [0.15, 0.2) is 53.5 Å². The predicted octanol–water partition coefficient (Wildman–Crippen LogP) is 3.47. The molecular weight excluding hydrogens is 374 g/mol. The van der Waals surface area contributed by atoms with Gasteiger partial charge in [-0.3, -0.25) is 4.99 Å². The molecule has 0 bridgehead atoms. The standard InChI is InChI=1S/C25H33N3O2/c1-2-26-24(27-14-10-20-8-9-23-21(18-20)11-15-30-23)28-19-25(12-16-29-17-13-25)22-6-4-3-5-7-22/h3-9,18H,2,10-17,19H2,1H3,(H2,26,27,28). The molecule has 0 saturated carbocycles. The van der Waals surface area contributed by atoms with Crippen molar-refractivity contribution in [1.82, 2.24) is 10.6 Å². The number of hydrogen-bond acceptors (Lipinski definition) is 3. The zero-order valence-electron chi connectivity index (χ0n) is 18.0. The third kappa shape index (κ3) is 4.96. The van der Waals surface area contributed by atoms with Crippen molar-refractivity contribution in [2.75, 3.05) is 39.5 Å². The fraction of sp³-hybridized carbons (Fsp3) is 0.480. The van der Waals surface area contributed by atoms with Crippen LogP contribution in [0.2, 0.25) is 0 Å². The highest BCUT2D eigenvalue weighted by Crippen LogP contribution is 2.35. The topological polar surface area (TPSA) is 54.9 Å². The zero-order valence-corrected chi connectivity index (χ0v) is 18.0. The zero-order chi connectivity index (χ0) is 20.7. The summed E-state index contributed by atoms with van der Waals surface area (Å²) in [4.78, 5) is 4.99. The van der Waals surface area contributed by atoms with Crippen molar-refractivity contribution in [1.29, 1.82) is 0 Å². The molecule has 1 fully saturated rings. The van der Waals surface area contributed by atoms with E-state index in [9.17, 15) is 0 Å². The van der Waals surface area contributed by atoms with Crippen LogP contribution in [0.4, 0.5) is 0 Å². The van der Waals surface area contributed by atoms with Gasteiger partial charge in [0.1, 0.15) is 5.75 Å². The Balaban J connectivity index is 1.40. The number of nitrogens with zero attached hydrogens (tertiary/aromatic N) is 1. The first-order chi connectivity index (χ1) is 14.8. The Kier molecular flexibility index (Phi) is 6.90. The van der Waals surface area contributed by atoms with Crippen LogP contribution < -0.4 is 15.4 Å². The summed E-state index contributed by atoms with van der Waals surface area (Å²) in [6.07, 6.45) is 4.01. The molecule has 5 nitrogen and oxygen atoms in total. The SMILES string of the molecule is CCNC(=NCC1(c2ccccc2)CCOCC1)NCCc1ccc2c(c1)CCO2. The van der Waals surface area contributed by atoms with Gasteiger partial charge in [0, 0.05) is 38.1 Å². The van der Waals surface area contributed by atoms with Crippen molar-refractivity contribution < 1.29 is 9.47 Å². The smallest absolute Gasteiger partial charge is 0.191 e. The van der Waals surface area contributed by atoms with E-state index in [2.05, 4.69) is 66.1 Å². The molecular formula is C25H33N3O2. The van der Waals surface area contributed by atoms with E-state index in [0.717, 1.165) is 76.8 Å². The largest absolute Gasteiger partial charge is 0.493 e. The predicted molar refractivity (Wildman–Crippen MR) is 121 cm³/mol. The molecule has 0 radical (unpaired) electrons. The summed E-state index contributed by atoms with van der Waals surface area (Å²) >= 11 is 0. The van der Waals surface area contributed by atoms with Crippen LogP contribution in [0.1, 0.15) is 36.5 Å². The van der Waals surface area contributed by atoms with Gasteiger partial charge in [0.15, 0.2) is 5.96 Å². The van der Waals surface area contributed by atoms with Gasteiger partial charge in [-0.05, 0) is 48.9 Å². The minimum absolute atomic E-state index is 0.0574. The average Bonchev–Trinajstić information content (AvgIpc) is 3.27. The van der Waals surface area contributed by atoms with Crippen LogP contribution in [-0.2, 0) is 23.0 Å². The van der Waals surface area contributed by atoms with Gasteiger partial charge in [-0.25, -0.2) is 0 Å². The molecule has 2 N–H and O–H groups in total. The molecule has 1 saturated heterocycles. The van der Waals surface area contributed by atoms with Gasteiger partial charge >= 0.3 is 0 Å². The molecule has 5 heteroatoms. The van der Waals surface area contributed by atoms with E-state index in [1.54, 1.807) is 0 Å². The lowest BCUT2D eigenvalue weighted by atomic mass is 9.74. The maximum atomic E-state index is 5.66. The lowest BCUT2D eigenvalue weighted by Gasteiger charge is -2.36. The van der Waals surface area contributed by atoms with Gasteiger partial charge < -0.3 is 20.1 Å². The minimum atomic E-state index is 0.0574. The number of guanidine groups is 1. The molecule has 0 spiro atoms. The van der Waals surface area contributed by atoms with Gasteiger partial charge in [-0.1, -0.05) is 42.5 Å². The Morgan fingerprint density at radius 3 is 2.67 bits per heavy atom. The Morgan fingerprint density at radius 2 is 1.87 bits per heavy atom. The third-order valence-electron chi connectivity index (χ3n) is 6.18. The quantitative estimate of drug-likeness (QED) is 0.545. The second-order valence-corrected chi connectivity index (χ2v) is 8.17. The summed E-state index contributed by atoms with van der Waals surface area (Å²) in [5, 5.41) is 6.93. The minimum Gasteiger partial charge on any atom is -0.493 e. The normalized spacial score (nSPS) is 17.8. The summed E-state index contributed by atoms with van der Waals surface area (Å²) in [6, 6.07) is 17.4. The highest BCUT2D eigenvalue weighted by Gasteiger charge is 2.34. The van der Waals surface area contributed by atoms with Gasteiger partial charge in [0.2, 0.25) is 0 Å². The van der Waals surface area contributed by atoms with Gasteiger partial charge in [0.05, 0.1) is 13.2 Å². The van der Waals surface area contributed by atoms with Crippen LogP contribution >= 0.6 is 0 Å². The highest BCUT2D eigenvalue weighted by atomic mass is 16.5. The average molecular weight is 408 g/mol. The Labute approximate surface area is 179 Å². The van der Waals surface area contributed by atoms with Crippen molar-refractivity contribution in [3.05, 3.63) is 65.2 Å². The molecule has 0 aromatic heterocycles. The molecule has 2 aromatic rings. The summed E-state index contributed by atoms with van der Waals surface area (Å²) in [5.41, 5.74) is 4.10. The van der Waals surface area contributed by atoms with Gasteiger partial charge in [-0.15, -0.1) is 0 Å². The lowest BCUT2D eigenvalue weighted by molar-refractivity contribution is 0.0531. The number of ether oxygens (including phenoxy) is 2. The molecule has 2 aliphatic rings. The number of rotatable bonds is 7. The number of fused-ring (bicyclic) bond motifs is 1. The van der Waals surface area contributed by atoms with E-state index < -0.39 is 0 Å². The van der Waals surface area contributed by atoms with Crippen molar-refractivity contribution in [3.63, 3.8) is 0 Å². The number of hydrogen-bond donors (Lipinski definition) is 2. The van der Waals surface area contributed by atoms with E-state index >= 15 is 0 Å². The summed E-state index contributed by atoms with van der Waals surface area (Å²) < 4.78 is 11.3. The number of benzene rings is 2. The van der Waals surface area contributed by atoms with E-state index in [-0.39, 0.29) is 5.41 Å². The molecule has 160 valence electrons. The first-order valence-corrected chi connectivity index (χ1v) is 11.2. The van der Waals surface area contributed by atoms with E-state index in [4.69, 9.17) is 14.5 Å². The lowest BCUT2D eigenvalue weighted by Crippen LogP contribution is -2.41. The molecule has 4 rings (SSSR count). The molecule has 2 aliphatic heterocycles. The van der Waals surface area contributed by atoms with Gasteiger partial charge in [0.25, 0.3) is 0 Å². The molecule has 2 heterocycles. The van der Waals surface area contributed by atoms with Crippen molar-refractivity contribution in [2.45, 2.75) is 38.0 Å². The molecule has 0 atom stereocenters. The van der Waals surface area contributed by atoms with E-state index in [1.807, 2.05) is 0 Å².